The molecule has 1 N–H and O–H groups in total. The van der Waals surface area contributed by atoms with E-state index >= 15 is 0 Å². The Morgan fingerprint density at radius 2 is 1.57 bits per heavy atom. The maximum absolute atomic E-state index is 12.9. The van der Waals surface area contributed by atoms with Crippen LogP contribution < -0.4 is 10.2 Å². The van der Waals surface area contributed by atoms with Crippen LogP contribution >= 0.6 is 11.6 Å². The number of carbonyl (C=O) groups excluding carboxylic acids is 2. The van der Waals surface area contributed by atoms with Gasteiger partial charge in [-0.3, -0.25) is 9.59 Å². The summed E-state index contributed by atoms with van der Waals surface area (Å²) in [6, 6.07) is 28.2. The van der Waals surface area contributed by atoms with Crippen LogP contribution in [-0.2, 0) is 4.79 Å². The van der Waals surface area contributed by atoms with Crippen LogP contribution in [0.1, 0.15) is 16.3 Å². The lowest BCUT2D eigenvalue weighted by atomic mass is 10.2. The zero-order valence-corrected chi connectivity index (χ0v) is 22.3. The molecule has 2 aromatic heterocycles. The highest BCUT2D eigenvalue weighted by Crippen LogP contribution is 2.25. The summed E-state index contributed by atoms with van der Waals surface area (Å²) in [5.74, 6) is 1.31. The molecule has 2 amide bonds. The number of para-hydroxylation sites is 1. The van der Waals surface area contributed by atoms with Crippen LogP contribution in [0.5, 0.6) is 0 Å². The van der Waals surface area contributed by atoms with Gasteiger partial charge in [0.05, 0.1) is 0 Å². The maximum atomic E-state index is 12.9. The van der Waals surface area contributed by atoms with E-state index in [2.05, 4.69) is 10.2 Å². The van der Waals surface area contributed by atoms with E-state index in [1.165, 1.54) is 6.08 Å². The Balaban J connectivity index is 1.01. The molecule has 40 heavy (non-hydrogen) atoms. The molecule has 1 fully saturated rings. The number of fused-ring (bicyclic) bond motifs is 1. The van der Waals surface area contributed by atoms with Gasteiger partial charge < -0.3 is 24.0 Å². The van der Waals surface area contributed by atoms with Gasteiger partial charge in [0.2, 0.25) is 5.91 Å². The lowest BCUT2D eigenvalue weighted by Crippen LogP contribution is -2.48. The average Bonchev–Trinajstić information content (AvgIpc) is 3.64. The highest BCUT2D eigenvalue weighted by molar-refractivity contribution is 6.30. The summed E-state index contributed by atoms with van der Waals surface area (Å²) < 4.78 is 11.6. The number of anilines is 2. The molecule has 0 unspecified atom stereocenters. The lowest BCUT2D eigenvalue weighted by Gasteiger charge is -2.35. The number of amides is 2. The quantitative estimate of drug-likeness (QED) is 0.231. The summed E-state index contributed by atoms with van der Waals surface area (Å²) in [5, 5.41) is 4.46. The molecule has 7 nitrogen and oxygen atoms in total. The van der Waals surface area contributed by atoms with Gasteiger partial charge in [0.15, 0.2) is 5.76 Å². The molecule has 1 aliphatic heterocycles. The van der Waals surface area contributed by atoms with Gasteiger partial charge in [-0.1, -0.05) is 29.8 Å². The van der Waals surface area contributed by atoms with Crippen LogP contribution in [-0.4, -0.2) is 42.9 Å². The number of nitrogens with one attached hydrogen (secondary N) is 1. The fourth-order valence-corrected chi connectivity index (χ4v) is 4.85. The van der Waals surface area contributed by atoms with E-state index in [4.69, 9.17) is 20.4 Å². The van der Waals surface area contributed by atoms with E-state index in [1.54, 1.807) is 24.3 Å². The fraction of sp³-hybridized carbons (Fsp3) is 0.125. The van der Waals surface area contributed by atoms with Crippen molar-refractivity contribution < 1.29 is 18.4 Å². The predicted octanol–water partition coefficient (Wildman–Crippen LogP) is 6.96. The van der Waals surface area contributed by atoms with Gasteiger partial charge in [-0.2, -0.15) is 0 Å². The molecule has 0 spiro atoms. The minimum absolute atomic E-state index is 0.0854. The number of furan rings is 2. The summed E-state index contributed by atoms with van der Waals surface area (Å²) in [5.41, 5.74) is 3.36. The lowest BCUT2D eigenvalue weighted by molar-refractivity contribution is -0.111. The molecule has 5 aromatic rings. The van der Waals surface area contributed by atoms with Crippen molar-refractivity contribution in [3.8, 4) is 11.3 Å². The van der Waals surface area contributed by atoms with E-state index in [0.29, 0.717) is 54.2 Å². The van der Waals surface area contributed by atoms with Crippen LogP contribution in [0, 0.1) is 0 Å². The Morgan fingerprint density at radius 1 is 0.825 bits per heavy atom. The van der Waals surface area contributed by atoms with Crippen molar-refractivity contribution in [1.29, 1.82) is 0 Å². The molecular formula is C32H26ClN3O4. The third-order valence-corrected chi connectivity index (χ3v) is 7.11. The van der Waals surface area contributed by atoms with Crippen LogP contribution in [0.15, 0.2) is 106 Å². The SMILES string of the molecule is O=C(/C=C/c1ccc(-c2ccc(Cl)cc2)o1)Nc1ccc(N2CCN(C(=O)c3cc4ccccc4o3)CC2)cc1. The van der Waals surface area contributed by atoms with Crippen molar-refractivity contribution in [1.82, 2.24) is 4.90 Å². The smallest absolute Gasteiger partial charge is 0.289 e. The monoisotopic (exact) mass is 551 g/mol. The summed E-state index contributed by atoms with van der Waals surface area (Å²) in [6.45, 7) is 2.63. The summed E-state index contributed by atoms with van der Waals surface area (Å²) in [6.07, 6.45) is 3.08. The van der Waals surface area contributed by atoms with E-state index in [0.717, 1.165) is 22.2 Å². The van der Waals surface area contributed by atoms with Crippen LogP contribution in [0.4, 0.5) is 11.4 Å². The van der Waals surface area contributed by atoms with Crippen LogP contribution in [0.25, 0.3) is 28.4 Å². The molecule has 3 heterocycles. The van der Waals surface area contributed by atoms with Crippen molar-refractivity contribution in [2.24, 2.45) is 0 Å². The molecule has 0 bridgehead atoms. The molecule has 0 radical (unpaired) electrons. The largest absolute Gasteiger partial charge is 0.457 e. The number of hydrogen-bond acceptors (Lipinski definition) is 5. The van der Waals surface area contributed by atoms with Gasteiger partial charge in [-0.25, -0.2) is 0 Å². The topological polar surface area (TPSA) is 78.9 Å². The second-order valence-electron chi connectivity index (χ2n) is 9.51. The van der Waals surface area contributed by atoms with Crippen molar-refractivity contribution >= 4 is 51.8 Å². The fourth-order valence-electron chi connectivity index (χ4n) is 4.72. The highest BCUT2D eigenvalue weighted by atomic mass is 35.5. The summed E-state index contributed by atoms with van der Waals surface area (Å²) >= 11 is 5.94. The number of nitrogens with zero attached hydrogens (tertiary/aromatic N) is 2. The molecule has 1 aliphatic rings. The standard InChI is InChI=1S/C32H26ClN3O4/c33-24-7-5-22(6-8-24)29-15-13-27(39-29)14-16-31(37)34-25-9-11-26(12-10-25)35-17-19-36(20-18-35)32(38)30-21-23-3-1-2-4-28(23)40-30/h1-16,21H,17-20H2,(H,34,37)/b16-14+. The first-order valence-corrected chi connectivity index (χ1v) is 13.4. The molecule has 200 valence electrons. The minimum atomic E-state index is -0.255. The number of rotatable bonds is 6. The third-order valence-electron chi connectivity index (χ3n) is 6.86. The van der Waals surface area contributed by atoms with E-state index in [-0.39, 0.29) is 11.8 Å². The van der Waals surface area contributed by atoms with Crippen molar-refractivity contribution in [2.45, 2.75) is 0 Å². The van der Waals surface area contributed by atoms with E-state index in [9.17, 15) is 9.59 Å². The zero-order chi connectivity index (χ0) is 27.5. The van der Waals surface area contributed by atoms with Crippen molar-refractivity contribution in [3.05, 3.63) is 114 Å². The highest BCUT2D eigenvalue weighted by Gasteiger charge is 2.24. The summed E-state index contributed by atoms with van der Waals surface area (Å²) in [4.78, 5) is 29.4. The van der Waals surface area contributed by atoms with Crippen LogP contribution in [0.2, 0.25) is 5.02 Å². The number of halogens is 1. The second kappa shape index (κ2) is 11.2. The Bertz CT molecular complexity index is 1640. The van der Waals surface area contributed by atoms with Gasteiger partial charge in [-0.05, 0) is 78.9 Å². The van der Waals surface area contributed by atoms with Gasteiger partial charge in [0.1, 0.15) is 17.1 Å². The molecule has 1 saturated heterocycles. The Hall–Kier alpha value is -4.75. The van der Waals surface area contributed by atoms with Gasteiger partial charge in [0.25, 0.3) is 5.91 Å². The average molecular weight is 552 g/mol. The van der Waals surface area contributed by atoms with E-state index in [1.807, 2.05) is 77.7 Å². The van der Waals surface area contributed by atoms with Gasteiger partial charge in [-0.15, -0.1) is 0 Å². The Morgan fingerprint density at radius 3 is 2.33 bits per heavy atom. The first kappa shape index (κ1) is 25.5. The Labute approximate surface area is 236 Å². The maximum Gasteiger partial charge on any atom is 0.289 e. The third kappa shape index (κ3) is 5.65. The number of carbonyl (C=O) groups is 2. The molecule has 0 aliphatic carbocycles. The molecular weight excluding hydrogens is 526 g/mol. The Kier molecular flexibility index (Phi) is 7.12. The molecule has 0 atom stereocenters. The molecule has 6 rings (SSSR count). The normalized spacial score (nSPS) is 13.7. The molecule has 3 aromatic carbocycles. The molecule has 0 saturated carbocycles. The van der Waals surface area contributed by atoms with Crippen molar-refractivity contribution in [2.75, 3.05) is 36.4 Å². The zero-order valence-electron chi connectivity index (χ0n) is 21.5. The number of piperazine rings is 1. The first-order chi connectivity index (χ1) is 19.5. The predicted molar refractivity (Wildman–Crippen MR) is 158 cm³/mol. The van der Waals surface area contributed by atoms with Gasteiger partial charge in [0, 0.05) is 59.6 Å². The number of hydrogen-bond donors (Lipinski definition) is 1. The summed E-state index contributed by atoms with van der Waals surface area (Å²) in [7, 11) is 0. The number of benzene rings is 3. The van der Waals surface area contributed by atoms with Crippen LogP contribution in [0.3, 0.4) is 0 Å². The van der Waals surface area contributed by atoms with E-state index < -0.39 is 0 Å². The second-order valence-corrected chi connectivity index (χ2v) is 9.94. The van der Waals surface area contributed by atoms with Gasteiger partial charge >= 0.3 is 0 Å². The first-order valence-electron chi connectivity index (χ1n) is 13.0. The molecule has 8 heteroatoms. The van der Waals surface area contributed by atoms with Crippen molar-refractivity contribution in [3.63, 3.8) is 0 Å². The minimum Gasteiger partial charge on any atom is -0.457 e.